The monoisotopic (exact) mass is 642 g/mol. The molecular formula is C34H40F2N2O8. The molecule has 2 N–H and O–H groups in total. The number of amides is 1. The zero-order valence-electron chi connectivity index (χ0n) is 25.8. The van der Waals surface area contributed by atoms with Crippen LogP contribution in [0, 0.1) is 11.6 Å². The summed E-state index contributed by atoms with van der Waals surface area (Å²) in [6.07, 6.45) is -1.36. The molecule has 0 spiro atoms. The van der Waals surface area contributed by atoms with Gasteiger partial charge in [-0.15, -0.1) is 0 Å². The lowest BCUT2D eigenvalue weighted by Crippen LogP contribution is -2.53. The largest absolute Gasteiger partial charge is 0.493 e. The molecule has 5 rings (SSSR count). The highest BCUT2D eigenvalue weighted by molar-refractivity contribution is 5.65. The molecular weight excluding hydrogens is 602 g/mol. The van der Waals surface area contributed by atoms with Gasteiger partial charge in [-0.1, -0.05) is 18.2 Å². The van der Waals surface area contributed by atoms with Gasteiger partial charge in [-0.2, -0.15) is 0 Å². The van der Waals surface area contributed by atoms with Crippen LogP contribution in [-0.2, 0) is 16.1 Å². The first-order chi connectivity index (χ1) is 22.3. The second-order valence-electron chi connectivity index (χ2n) is 11.3. The average molecular weight is 643 g/mol. The molecule has 10 nitrogen and oxygen atoms in total. The number of likely N-dealkylation sites (tertiary alicyclic amines) is 1. The molecule has 1 fully saturated rings. The molecule has 12 heteroatoms. The molecule has 2 aliphatic rings. The third kappa shape index (κ3) is 8.56. The molecule has 248 valence electrons. The predicted molar refractivity (Wildman–Crippen MR) is 166 cm³/mol. The summed E-state index contributed by atoms with van der Waals surface area (Å²) in [6.45, 7) is 3.63. The van der Waals surface area contributed by atoms with Crippen LogP contribution in [0.4, 0.5) is 19.3 Å². The topological polar surface area (TPSA) is 110 Å². The van der Waals surface area contributed by atoms with E-state index in [1.165, 1.54) is 4.90 Å². The molecule has 46 heavy (non-hydrogen) atoms. The van der Waals surface area contributed by atoms with Crippen LogP contribution in [0.3, 0.4) is 0 Å². The Hall–Kier alpha value is -4.13. The number of rotatable bonds is 14. The summed E-state index contributed by atoms with van der Waals surface area (Å²) in [4.78, 5) is 15.3. The zero-order chi connectivity index (χ0) is 32.5. The summed E-state index contributed by atoms with van der Waals surface area (Å²) in [5, 5.41) is 20.8. The van der Waals surface area contributed by atoms with E-state index in [1.807, 2.05) is 30.3 Å². The van der Waals surface area contributed by atoms with Crippen molar-refractivity contribution in [2.75, 3.05) is 64.6 Å². The summed E-state index contributed by atoms with van der Waals surface area (Å²) >= 11 is 0. The number of anilines is 1. The van der Waals surface area contributed by atoms with Gasteiger partial charge in [0.1, 0.15) is 23.9 Å². The van der Waals surface area contributed by atoms with Crippen molar-refractivity contribution in [3.8, 4) is 17.2 Å². The Kier molecular flexibility index (Phi) is 11.5. The van der Waals surface area contributed by atoms with E-state index in [4.69, 9.17) is 23.7 Å². The fraction of sp³-hybridized carbons (Fsp3) is 0.441. The van der Waals surface area contributed by atoms with Crippen molar-refractivity contribution in [2.24, 2.45) is 0 Å². The Morgan fingerprint density at radius 1 is 0.978 bits per heavy atom. The van der Waals surface area contributed by atoms with Crippen molar-refractivity contribution in [3.05, 3.63) is 83.4 Å². The minimum atomic E-state index is -1.11. The minimum Gasteiger partial charge on any atom is -0.493 e. The van der Waals surface area contributed by atoms with Gasteiger partial charge in [-0.05, 0) is 53.9 Å². The molecule has 0 aliphatic carbocycles. The van der Waals surface area contributed by atoms with E-state index in [-0.39, 0.29) is 38.7 Å². The molecule has 0 bridgehead atoms. The van der Waals surface area contributed by atoms with Gasteiger partial charge in [-0.3, -0.25) is 0 Å². The van der Waals surface area contributed by atoms with E-state index in [0.29, 0.717) is 25.4 Å². The van der Waals surface area contributed by atoms with Crippen molar-refractivity contribution in [1.29, 1.82) is 0 Å². The summed E-state index contributed by atoms with van der Waals surface area (Å²) in [5.74, 6) is -0.421. The van der Waals surface area contributed by atoms with Crippen LogP contribution >= 0.6 is 0 Å². The van der Waals surface area contributed by atoms with Crippen LogP contribution in [0.5, 0.6) is 17.2 Å². The van der Waals surface area contributed by atoms with E-state index < -0.39 is 35.9 Å². The number of piperidine rings is 1. The zero-order valence-corrected chi connectivity index (χ0v) is 25.8. The molecule has 0 aromatic heterocycles. The highest BCUT2D eigenvalue weighted by Gasteiger charge is 2.39. The van der Waals surface area contributed by atoms with E-state index in [1.54, 1.807) is 19.2 Å². The van der Waals surface area contributed by atoms with Crippen molar-refractivity contribution in [3.63, 3.8) is 0 Å². The molecule has 3 aromatic carbocycles. The maximum absolute atomic E-state index is 13.7. The Morgan fingerprint density at radius 2 is 1.78 bits per heavy atom. The highest BCUT2D eigenvalue weighted by Crippen LogP contribution is 2.35. The van der Waals surface area contributed by atoms with Crippen LogP contribution in [-0.4, -0.2) is 93.1 Å². The number of β-amino-alcohol motifs (C(OH)–C–C–N with tert-alkyl or cyclic N) is 1. The van der Waals surface area contributed by atoms with E-state index in [2.05, 4.69) is 4.90 Å². The van der Waals surface area contributed by atoms with Crippen LogP contribution < -0.4 is 19.1 Å². The molecule has 0 saturated carbocycles. The number of hydrogen-bond acceptors (Lipinski definition) is 8. The number of nitrogens with zero attached hydrogens (tertiary/aromatic N) is 2. The number of fused-ring (bicyclic) bond motifs is 1. The number of aliphatic hydroxyl groups is 1. The van der Waals surface area contributed by atoms with Crippen LogP contribution in [0.25, 0.3) is 0 Å². The number of methoxy groups -OCH3 is 1. The fourth-order valence-corrected chi connectivity index (χ4v) is 5.79. The van der Waals surface area contributed by atoms with Gasteiger partial charge in [-0.25, -0.2) is 13.6 Å². The number of halogens is 2. The predicted octanol–water partition coefficient (Wildman–Crippen LogP) is 5.07. The molecule has 3 atom stereocenters. The molecule has 1 saturated heterocycles. The van der Waals surface area contributed by atoms with Crippen LogP contribution in [0.1, 0.15) is 29.9 Å². The summed E-state index contributed by atoms with van der Waals surface area (Å²) < 4.78 is 55.5. The lowest BCUT2D eigenvalue weighted by Gasteiger charge is -2.40. The summed E-state index contributed by atoms with van der Waals surface area (Å²) in [7, 11) is 1.69. The quantitative estimate of drug-likeness (QED) is 0.233. The average Bonchev–Trinajstić information content (AvgIpc) is 3.05. The van der Waals surface area contributed by atoms with Crippen molar-refractivity contribution in [1.82, 2.24) is 4.90 Å². The number of benzene rings is 3. The second-order valence-corrected chi connectivity index (χ2v) is 11.3. The van der Waals surface area contributed by atoms with Gasteiger partial charge < -0.3 is 43.7 Å². The number of aliphatic hydroxyl groups excluding tert-OH is 1. The first kappa shape index (κ1) is 33.2. The van der Waals surface area contributed by atoms with Gasteiger partial charge in [0.05, 0.1) is 57.4 Å². The smallest absolute Gasteiger partial charge is 0.407 e. The number of carboxylic acid groups (broad SMARTS) is 1. The lowest BCUT2D eigenvalue weighted by molar-refractivity contribution is -0.0660. The minimum absolute atomic E-state index is 0.0311. The standard InChI is InChI=1S/C34H40F2N2O8/c1-42-14-2-12-37-13-17-45-30-11-4-23(18-28(30)37)22-46-32-21-38(34(40)41)20-29(39)33(32)24-5-8-26(9-6-24)43-15-3-16-44-31-19-25(35)7-10-27(31)36/h4-11,18-19,29,32-33,39H,2-3,12-17,20-22H2,1H3,(H,40,41). The Morgan fingerprint density at radius 3 is 2.57 bits per heavy atom. The van der Waals surface area contributed by atoms with E-state index >= 15 is 0 Å². The van der Waals surface area contributed by atoms with Gasteiger partial charge in [0, 0.05) is 38.7 Å². The first-order valence-electron chi connectivity index (χ1n) is 15.4. The summed E-state index contributed by atoms with van der Waals surface area (Å²) in [6, 6.07) is 16.2. The lowest BCUT2D eigenvalue weighted by atomic mass is 9.84. The van der Waals surface area contributed by atoms with Gasteiger partial charge in [0.15, 0.2) is 11.6 Å². The van der Waals surface area contributed by atoms with Crippen LogP contribution in [0.15, 0.2) is 60.7 Å². The number of carbonyl (C=O) groups is 1. The second kappa shape index (κ2) is 15.9. The van der Waals surface area contributed by atoms with Gasteiger partial charge in [0.25, 0.3) is 0 Å². The van der Waals surface area contributed by atoms with Gasteiger partial charge in [0.2, 0.25) is 0 Å². The van der Waals surface area contributed by atoms with Crippen molar-refractivity contribution in [2.45, 2.75) is 37.6 Å². The third-order valence-corrected chi connectivity index (χ3v) is 8.09. The van der Waals surface area contributed by atoms with Gasteiger partial charge >= 0.3 is 6.09 Å². The normalized spacial score (nSPS) is 19.3. The molecule has 3 unspecified atom stereocenters. The Bertz CT molecular complexity index is 1440. The third-order valence-electron chi connectivity index (χ3n) is 8.09. The molecule has 2 heterocycles. The van der Waals surface area contributed by atoms with E-state index in [9.17, 15) is 23.8 Å². The summed E-state index contributed by atoms with van der Waals surface area (Å²) in [5.41, 5.74) is 2.69. The Balaban J connectivity index is 1.20. The highest BCUT2D eigenvalue weighted by atomic mass is 19.1. The Labute approximate surface area is 267 Å². The number of ether oxygens (including phenoxy) is 5. The van der Waals surface area contributed by atoms with Crippen LogP contribution in [0.2, 0.25) is 0 Å². The first-order valence-corrected chi connectivity index (χ1v) is 15.4. The molecule has 3 aromatic rings. The maximum atomic E-state index is 13.7. The maximum Gasteiger partial charge on any atom is 0.407 e. The molecule has 0 radical (unpaired) electrons. The molecule has 2 aliphatic heterocycles. The van der Waals surface area contributed by atoms with E-state index in [0.717, 1.165) is 60.3 Å². The number of hydrogen-bond donors (Lipinski definition) is 2. The SMILES string of the molecule is COCCCN1CCOc2ccc(COC3CN(C(=O)O)CC(O)C3c3ccc(OCCCOc4cc(F)ccc4F)cc3)cc21. The molecule has 1 amide bonds. The fourth-order valence-electron chi connectivity index (χ4n) is 5.79. The van der Waals surface area contributed by atoms with Crippen molar-refractivity contribution < 1.29 is 47.5 Å². The van der Waals surface area contributed by atoms with Crippen molar-refractivity contribution >= 4 is 11.8 Å².